The highest BCUT2D eigenvalue weighted by atomic mass is 35.5. The number of ether oxygens (including phenoxy) is 1. The van der Waals surface area contributed by atoms with Crippen LogP contribution in [0.4, 0.5) is 0 Å². The van der Waals surface area contributed by atoms with Crippen molar-refractivity contribution in [2.45, 2.75) is 77.5 Å². The number of aryl methyl sites for hydroxylation is 2. The summed E-state index contributed by atoms with van der Waals surface area (Å²) in [5.74, 6) is -0.511. The van der Waals surface area contributed by atoms with E-state index in [9.17, 15) is 14.7 Å². The van der Waals surface area contributed by atoms with Gasteiger partial charge in [-0.3, -0.25) is 9.48 Å². The molecule has 0 unspecified atom stereocenters. The number of thiazole rings is 1. The smallest absolute Gasteiger partial charge is 0.337 e. The third-order valence-corrected chi connectivity index (χ3v) is 11.5. The molecule has 2 saturated heterocycles. The van der Waals surface area contributed by atoms with E-state index in [1.165, 1.54) is 0 Å². The lowest BCUT2D eigenvalue weighted by Gasteiger charge is -2.44. The summed E-state index contributed by atoms with van der Waals surface area (Å²) >= 11 is 7.86. The van der Waals surface area contributed by atoms with Gasteiger partial charge in [-0.05, 0) is 108 Å². The van der Waals surface area contributed by atoms with Crippen LogP contribution in [0.1, 0.15) is 75.8 Å². The third-order valence-electron chi connectivity index (χ3n) is 10.1. The van der Waals surface area contributed by atoms with Gasteiger partial charge in [-0.1, -0.05) is 23.7 Å². The minimum absolute atomic E-state index is 0.177. The number of aliphatic carboxylic acids is 1. The fourth-order valence-electron chi connectivity index (χ4n) is 7.62. The predicted molar refractivity (Wildman–Crippen MR) is 200 cm³/mol. The van der Waals surface area contributed by atoms with Gasteiger partial charge in [-0.2, -0.15) is 5.10 Å². The molecule has 0 radical (unpaired) electrons. The fourth-order valence-corrected chi connectivity index (χ4v) is 8.87. The molecule has 5 aromatic rings. The molecule has 7 rings (SSSR count). The van der Waals surface area contributed by atoms with Crippen molar-refractivity contribution in [2.24, 2.45) is 7.05 Å². The average molecular weight is 714 g/mol. The van der Waals surface area contributed by atoms with E-state index in [2.05, 4.69) is 23.1 Å². The summed E-state index contributed by atoms with van der Waals surface area (Å²) in [6, 6.07) is 16.3. The predicted octanol–water partition coefficient (Wildman–Crippen LogP) is 8.22. The van der Waals surface area contributed by atoms with Crippen LogP contribution in [0.3, 0.4) is 0 Å². The maximum Gasteiger partial charge on any atom is 0.337 e. The molecule has 0 bridgehead atoms. The van der Waals surface area contributed by atoms with Crippen LogP contribution < -0.4 is 0 Å². The summed E-state index contributed by atoms with van der Waals surface area (Å²) in [6.45, 7) is 13.0. The van der Waals surface area contributed by atoms with E-state index >= 15 is 0 Å². The second-order valence-corrected chi connectivity index (χ2v) is 16.2. The molecule has 2 aromatic heterocycles. The first-order chi connectivity index (χ1) is 23.8. The zero-order valence-corrected chi connectivity index (χ0v) is 31.1. The van der Waals surface area contributed by atoms with Gasteiger partial charge in [-0.25, -0.2) is 9.78 Å². The summed E-state index contributed by atoms with van der Waals surface area (Å²) in [6.07, 6.45) is 1.97. The van der Waals surface area contributed by atoms with Crippen molar-refractivity contribution in [1.82, 2.24) is 24.6 Å². The van der Waals surface area contributed by atoms with Gasteiger partial charge in [0, 0.05) is 66.1 Å². The lowest BCUT2D eigenvalue weighted by Crippen LogP contribution is -2.56. The van der Waals surface area contributed by atoms with Crippen molar-refractivity contribution in [2.75, 3.05) is 26.2 Å². The molecule has 11 heteroatoms. The van der Waals surface area contributed by atoms with Crippen LogP contribution in [-0.4, -0.2) is 79.4 Å². The monoisotopic (exact) mass is 713 g/mol. The van der Waals surface area contributed by atoms with Crippen LogP contribution >= 0.6 is 22.9 Å². The zero-order chi connectivity index (χ0) is 35.5. The molecule has 1 N–H and O–H groups in total. The quantitative estimate of drug-likeness (QED) is 0.173. The van der Waals surface area contributed by atoms with E-state index in [-0.39, 0.29) is 5.91 Å². The molecule has 3 aromatic carbocycles. The van der Waals surface area contributed by atoms with E-state index < -0.39 is 17.7 Å². The Labute approximate surface area is 301 Å². The Balaban J connectivity index is 1.25. The number of nitrogens with zero attached hydrogens (tertiary/aromatic N) is 5. The summed E-state index contributed by atoms with van der Waals surface area (Å²) in [5, 5.41) is 18.1. The second kappa shape index (κ2) is 13.4. The molecule has 2 atom stereocenters. The van der Waals surface area contributed by atoms with Gasteiger partial charge in [-0.15, -0.1) is 11.3 Å². The largest absolute Gasteiger partial charge is 0.479 e. The van der Waals surface area contributed by atoms with Crippen LogP contribution in [-0.2, 0) is 21.4 Å². The summed E-state index contributed by atoms with van der Waals surface area (Å²) < 4.78 is 9.08. The van der Waals surface area contributed by atoms with E-state index in [0.29, 0.717) is 22.5 Å². The Morgan fingerprint density at radius 2 is 1.74 bits per heavy atom. The first-order valence-corrected chi connectivity index (χ1v) is 18.5. The van der Waals surface area contributed by atoms with Crippen LogP contribution in [0.25, 0.3) is 42.8 Å². The number of halogens is 1. The number of benzene rings is 3. The van der Waals surface area contributed by atoms with Gasteiger partial charge >= 0.3 is 5.97 Å². The Morgan fingerprint density at radius 3 is 2.36 bits per heavy atom. The molecular formula is C39H44ClN5O4S. The highest BCUT2D eigenvalue weighted by Crippen LogP contribution is 2.45. The van der Waals surface area contributed by atoms with Gasteiger partial charge in [0.25, 0.3) is 0 Å². The molecule has 2 fully saturated rings. The fraction of sp³-hybridized carbons (Fsp3) is 0.436. The Kier molecular flexibility index (Phi) is 9.26. The number of amides is 1. The lowest BCUT2D eigenvalue weighted by atomic mass is 9.90. The lowest BCUT2D eigenvalue weighted by molar-refractivity contribution is -0.160. The van der Waals surface area contributed by atoms with Crippen LogP contribution in [0.5, 0.6) is 0 Å². The Hall–Kier alpha value is -3.83. The molecule has 2 aliphatic rings. The number of aromatic nitrogens is 3. The molecule has 1 amide bonds. The molecule has 50 heavy (non-hydrogen) atoms. The van der Waals surface area contributed by atoms with Gasteiger partial charge in [0.1, 0.15) is 5.01 Å². The highest BCUT2D eigenvalue weighted by molar-refractivity contribution is 7.22. The first kappa shape index (κ1) is 34.6. The molecule has 0 saturated carbocycles. The number of carboxylic acid groups (broad SMARTS) is 1. The normalized spacial score (nSPS) is 18.1. The molecule has 0 aliphatic carbocycles. The molecule has 9 nitrogen and oxygen atoms in total. The number of piperidine rings is 1. The van der Waals surface area contributed by atoms with Gasteiger partial charge in [0.15, 0.2) is 6.10 Å². The summed E-state index contributed by atoms with van der Waals surface area (Å²) in [5.41, 5.74) is 6.44. The Bertz CT molecular complexity index is 2090. The molecular weight excluding hydrogens is 670 g/mol. The number of hydrogen-bond acceptors (Lipinski definition) is 7. The third kappa shape index (κ3) is 6.66. The zero-order valence-electron chi connectivity index (χ0n) is 29.5. The van der Waals surface area contributed by atoms with Crippen molar-refractivity contribution in [3.05, 3.63) is 70.4 Å². The standard InChI is InChI=1S/C39H44ClN5O4S/c1-22-19-30-36(33(24-7-10-27(40)11-8-24)32(22)35(38(47)48)49-39(3,4)5)50-37(41-30)26-9-12-31-29(20-26)34(42-43(31)6)25-13-16-44(17-14-25)21-28-15-18-45(28)23(2)46/h7-12,19-20,25,28,35H,13-18,21H2,1-6H3,(H,47,48)/t28-,35+/m1/s1. The molecule has 2 aliphatic heterocycles. The van der Waals surface area contributed by atoms with Crippen molar-refractivity contribution in [3.8, 4) is 21.7 Å². The van der Waals surface area contributed by atoms with Gasteiger partial charge in [0.05, 0.1) is 27.0 Å². The van der Waals surface area contributed by atoms with Crippen molar-refractivity contribution in [1.29, 1.82) is 0 Å². The number of carboxylic acids is 1. The number of carbonyl (C=O) groups is 2. The maximum absolute atomic E-state index is 12.8. The van der Waals surface area contributed by atoms with E-state index in [1.807, 2.05) is 74.7 Å². The summed E-state index contributed by atoms with van der Waals surface area (Å²) in [7, 11) is 2.01. The van der Waals surface area contributed by atoms with E-state index in [4.69, 9.17) is 26.4 Å². The minimum atomic E-state index is -1.17. The van der Waals surface area contributed by atoms with Crippen molar-refractivity contribution >= 4 is 55.9 Å². The van der Waals surface area contributed by atoms with E-state index in [0.717, 1.165) is 99.5 Å². The number of likely N-dealkylation sites (tertiary alicyclic amines) is 2. The first-order valence-electron chi connectivity index (χ1n) is 17.3. The molecule has 262 valence electrons. The number of carbonyl (C=O) groups excluding carboxylic acids is 1. The van der Waals surface area contributed by atoms with Crippen LogP contribution in [0, 0.1) is 6.92 Å². The highest BCUT2D eigenvalue weighted by Gasteiger charge is 2.34. The summed E-state index contributed by atoms with van der Waals surface area (Å²) in [4.78, 5) is 34.3. The number of fused-ring (bicyclic) bond motifs is 2. The van der Waals surface area contributed by atoms with Crippen LogP contribution in [0.2, 0.25) is 5.02 Å². The topological polar surface area (TPSA) is 101 Å². The van der Waals surface area contributed by atoms with Crippen LogP contribution in [0.15, 0.2) is 48.5 Å². The Morgan fingerprint density at radius 1 is 1.04 bits per heavy atom. The van der Waals surface area contributed by atoms with Gasteiger partial charge in [0.2, 0.25) is 5.91 Å². The second-order valence-electron chi connectivity index (χ2n) is 14.8. The van der Waals surface area contributed by atoms with Crippen molar-refractivity contribution in [3.63, 3.8) is 0 Å². The average Bonchev–Trinajstić information content (AvgIpc) is 3.62. The van der Waals surface area contributed by atoms with E-state index in [1.54, 1.807) is 18.3 Å². The maximum atomic E-state index is 12.8. The minimum Gasteiger partial charge on any atom is -0.479 e. The number of hydrogen-bond donors (Lipinski definition) is 1. The number of rotatable bonds is 8. The molecule has 0 spiro atoms. The van der Waals surface area contributed by atoms with Crippen molar-refractivity contribution < 1.29 is 19.4 Å². The SMILES string of the molecule is CC(=O)N1CC[C@@H]1CN1CCC(c2nn(C)c3ccc(-c4nc5cc(C)c([C@H](OC(C)(C)C)C(=O)O)c(-c6ccc(Cl)cc6)c5s4)cc23)CC1. The molecule has 4 heterocycles. The van der Waals surface area contributed by atoms with Gasteiger partial charge < -0.3 is 19.6 Å².